The largest absolute Gasteiger partial charge is 0.497 e. The summed E-state index contributed by atoms with van der Waals surface area (Å²) >= 11 is 0. The molecule has 1 heterocycles. The molecule has 160 valence electrons. The van der Waals surface area contributed by atoms with Crippen LogP contribution >= 0.6 is 0 Å². The summed E-state index contributed by atoms with van der Waals surface area (Å²) in [5.41, 5.74) is 4.38. The summed E-state index contributed by atoms with van der Waals surface area (Å²) < 4.78 is 35.3. The minimum absolute atomic E-state index is 0.0123. The molecule has 8 nitrogen and oxygen atoms in total. The van der Waals surface area contributed by atoms with Crippen LogP contribution in [0.1, 0.15) is 16.7 Å². The van der Waals surface area contributed by atoms with E-state index in [1.807, 2.05) is 6.92 Å². The van der Waals surface area contributed by atoms with Crippen molar-refractivity contribution in [3.63, 3.8) is 0 Å². The number of rotatable bonds is 8. The molecule has 9 heteroatoms. The zero-order valence-corrected chi connectivity index (χ0v) is 17.8. The smallest absolute Gasteiger partial charge is 0.340 e. The van der Waals surface area contributed by atoms with E-state index in [-0.39, 0.29) is 23.1 Å². The first-order valence-electron chi connectivity index (χ1n) is 9.28. The number of carbonyl (C=O) groups is 1. The molecule has 3 aromatic rings. The third-order valence-electron chi connectivity index (χ3n) is 4.19. The number of hydrogen-bond donors (Lipinski definition) is 1. The van der Waals surface area contributed by atoms with E-state index in [1.165, 1.54) is 24.5 Å². The Labute approximate surface area is 180 Å². The summed E-state index contributed by atoms with van der Waals surface area (Å²) in [4.78, 5) is 16.1. The number of carbonyl (C=O) groups excluding carboxylic acids is 1. The van der Waals surface area contributed by atoms with Crippen molar-refractivity contribution >= 4 is 22.2 Å². The van der Waals surface area contributed by atoms with E-state index >= 15 is 0 Å². The van der Waals surface area contributed by atoms with Gasteiger partial charge in [-0.3, -0.25) is 4.79 Å². The Morgan fingerprint density at radius 2 is 1.90 bits per heavy atom. The van der Waals surface area contributed by atoms with Crippen molar-refractivity contribution < 1.29 is 22.1 Å². The Balaban J connectivity index is 1.68. The predicted octanol–water partition coefficient (Wildman–Crippen LogP) is 2.86. The highest BCUT2D eigenvalue weighted by atomic mass is 32.2. The lowest BCUT2D eigenvalue weighted by atomic mass is 10.1. The molecule has 1 aromatic heterocycles. The summed E-state index contributed by atoms with van der Waals surface area (Å²) in [5.74, 6) is 0.165. The number of amides is 1. The van der Waals surface area contributed by atoms with Crippen LogP contribution in [-0.4, -0.2) is 32.6 Å². The maximum atomic E-state index is 12.5. The van der Waals surface area contributed by atoms with E-state index in [2.05, 4.69) is 15.5 Å². The lowest BCUT2D eigenvalue weighted by Gasteiger charge is -2.08. The van der Waals surface area contributed by atoms with Gasteiger partial charge in [-0.05, 0) is 48.9 Å². The maximum Gasteiger partial charge on any atom is 0.340 e. The van der Waals surface area contributed by atoms with Crippen LogP contribution in [0.15, 0.2) is 76.9 Å². The van der Waals surface area contributed by atoms with Gasteiger partial charge < -0.3 is 8.92 Å². The van der Waals surface area contributed by atoms with Crippen molar-refractivity contribution in [2.75, 3.05) is 7.11 Å². The van der Waals surface area contributed by atoms with Gasteiger partial charge in [0.15, 0.2) is 0 Å². The van der Waals surface area contributed by atoms with Crippen LogP contribution in [0.25, 0.3) is 0 Å². The second kappa shape index (κ2) is 9.86. The molecule has 0 unspecified atom stereocenters. The third-order valence-corrected chi connectivity index (χ3v) is 5.42. The van der Waals surface area contributed by atoms with Gasteiger partial charge in [-0.1, -0.05) is 29.8 Å². The molecule has 0 bridgehead atoms. The fraction of sp³-hybridized carbons (Fsp3) is 0.136. The molecule has 0 aliphatic carbocycles. The van der Waals surface area contributed by atoms with Crippen LogP contribution in [-0.2, 0) is 21.3 Å². The van der Waals surface area contributed by atoms with Crippen LogP contribution in [0.4, 0.5) is 0 Å². The van der Waals surface area contributed by atoms with E-state index in [9.17, 15) is 13.2 Å². The van der Waals surface area contributed by atoms with Gasteiger partial charge in [-0.2, -0.15) is 13.5 Å². The van der Waals surface area contributed by atoms with Crippen molar-refractivity contribution in [3.8, 4) is 11.6 Å². The predicted molar refractivity (Wildman–Crippen MR) is 116 cm³/mol. The zero-order chi connectivity index (χ0) is 22.3. The molecule has 0 aliphatic rings. The Kier molecular flexibility index (Phi) is 6.99. The fourth-order valence-corrected chi connectivity index (χ4v) is 3.52. The Morgan fingerprint density at radius 1 is 1.13 bits per heavy atom. The number of aromatic nitrogens is 1. The third kappa shape index (κ3) is 6.13. The molecule has 0 spiro atoms. The number of pyridine rings is 1. The second-order valence-electron chi connectivity index (χ2n) is 6.57. The lowest BCUT2D eigenvalue weighted by Crippen LogP contribution is -2.20. The Morgan fingerprint density at radius 3 is 2.65 bits per heavy atom. The van der Waals surface area contributed by atoms with E-state index in [0.717, 1.165) is 11.1 Å². The minimum atomic E-state index is -4.06. The normalized spacial score (nSPS) is 11.3. The quantitative estimate of drug-likeness (QED) is 0.329. The summed E-state index contributed by atoms with van der Waals surface area (Å²) in [6, 6.07) is 16.6. The number of nitrogens with zero attached hydrogens (tertiary/aromatic N) is 2. The molecule has 0 saturated heterocycles. The number of methoxy groups -OCH3 is 1. The van der Waals surface area contributed by atoms with Crippen molar-refractivity contribution in [1.29, 1.82) is 0 Å². The monoisotopic (exact) mass is 439 g/mol. The first-order chi connectivity index (χ1) is 14.9. The maximum absolute atomic E-state index is 12.5. The van der Waals surface area contributed by atoms with Crippen molar-refractivity contribution in [2.45, 2.75) is 18.2 Å². The van der Waals surface area contributed by atoms with Gasteiger partial charge in [0.1, 0.15) is 10.6 Å². The number of ether oxygens (including phenoxy) is 1. The molecule has 0 radical (unpaired) electrons. The van der Waals surface area contributed by atoms with Gasteiger partial charge in [-0.25, -0.2) is 10.4 Å². The average molecular weight is 439 g/mol. The number of aryl methyl sites for hydroxylation is 1. The average Bonchev–Trinajstić information content (AvgIpc) is 2.75. The van der Waals surface area contributed by atoms with Gasteiger partial charge >= 0.3 is 10.1 Å². The minimum Gasteiger partial charge on any atom is -0.497 e. The molecule has 0 aliphatic heterocycles. The number of hydrogen-bond acceptors (Lipinski definition) is 7. The van der Waals surface area contributed by atoms with Crippen LogP contribution in [0.5, 0.6) is 11.6 Å². The molecule has 31 heavy (non-hydrogen) atoms. The highest BCUT2D eigenvalue weighted by Gasteiger charge is 2.19. The van der Waals surface area contributed by atoms with Crippen LogP contribution in [0.2, 0.25) is 0 Å². The zero-order valence-electron chi connectivity index (χ0n) is 17.0. The molecule has 3 rings (SSSR count). The van der Waals surface area contributed by atoms with E-state index in [0.29, 0.717) is 11.3 Å². The highest BCUT2D eigenvalue weighted by Crippen LogP contribution is 2.19. The second-order valence-corrected chi connectivity index (χ2v) is 8.12. The Bertz CT molecular complexity index is 1190. The van der Waals surface area contributed by atoms with Crippen LogP contribution in [0.3, 0.4) is 0 Å². The van der Waals surface area contributed by atoms with Gasteiger partial charge in [-0.15, -0.1) is 0 Å². The van der Waals surface area contributed by atoms with E-state index < -0.39 is 10.1 Å². The standard InChI is InChI=1S/C22H21N3O5S/c1-16-8-10-20(11-9-16)31(27,28)30-22-18(6-4-12-23-22)15-24-25-21(26)14-17-5-3-7-19(13-17)29-2/h3-13,15H,14H2,1-2H3,(H,25,26)/b24-15+. The number of hydrazone groups is 1. The van der Waals surface area contributed by atoms with Gasteiger partial charge in [0.25, 0.3) is 0 Å². The summed E-state index contributed by atoms with van der Waals surface area (Å²) in [7, 11) is -2.51. The van der Waals surface area contributed by atoms with Crippen molar-refractivity contribution in [3.05, 3.63) is 83.6 Å². The molecule has 1 amide bonds. The first-order valence-corrected chi connectivity index (χ1v) is 10.7. The molecular formula is C22H21N3O5S. The van der Waals surface area contributed by atoms with E-state index in [4.69, 9.17) is 8.92 Å². The topological polar surface area (TPSA) is 107 Å². The Hall–Kier alpha value is -3.72. The van der Waals surface area contributed by atoms with Gasteiger partial charge in [0.2, 0.25) is 11.8 Å². The van der Waals surface area contributed by atoms with Crippen LogP contribution in [0, 0.1) is 6.92 Å². The first kappa shape index (κ1) is 22.0. The molecule has 2 aromatic carbocycles. The number of nitrogens with one attached hydrogen (secondary N) is 1. The highest BCUT2D eigenvalue weighted by molar-refractivity contribution is 7.87. The van der Waals surface area contributed by atoms with E-state index in [1.54, 1.807) is 55.6 Å². The van der Waals surface area contributed by atoms with Crippen LogP contribution < -0.4 is 14.3 Å². The van der Waals surface area contributed by atoms with Crippen molar-refractivity contribution in [2.24, 2.45) is 5.10 Å². The van der Waals surface area contributed by atoms with Gasteiger partial charge in [0.05, 0.1) is 25.3 Å². The van der Waals surface area contributed by atoms with Gasteiger partial charge in [0, 0.05) is 6.20 Å². The molecular weight excluding hydrogens is 418 g/mol. The lowest BCUT2D eigenvalue weighted by molar-refractivity contribution is -0.120. The SMILES string of the molecule is COc1cccc(CC(=O)N/N=C/c2cccnc2OS(=O)(=O)c2ccc(C)cc2)c1. The molecule has 0 atom stereocenters. The molecule has 0 saturated carbocycles. The van der Waals surface area contributed by atoms with Crippen molar-refractivity contribution in [1.82, 2.24) is 10.4 Å². The molecule has 0 fully saturated rings. The summed E-state index contributed by atoms with van der Waals surface area (Å²) in [5, 5.41) is 3.88. The number of benzene rings is 2. The fourth-order valence-electron chi connectivity index (χ4n) is 2.61. The summed E-state index contributed by atoms with van der Waals surface area (Å²) in [6.07, 6.45) is 2.78. The molecule has 1 N–H and O–H groups in total. The summed E-state index contributed by atoms with van der Waals surface area (Å²) in [6.45, 7) is 1.85.